The second-order valence-corrected chi connectivity index (χ2v) is 23.7. The zero-order chi connectivity index (χ0) is 57.3. The summed E-state index contributed by atoms with van der Waals surface area (Å²) in [6, 6.07) is 16.4. The number of β-amino-alcohol motifs (C(OH)–C–C–N with tert-alkyl or cyclic N) is 1. The number of carbonyl (C=O) groups is 6. The number of benzene rings is 3. The monoisotopic (exact) mass is 1120 g/mol. The molecule has 7 N–H and O–H groups in total. The maximum absolute atomic E-state index is 14.7. The molecule has 18 nitrogen and oxygen atoms in total. The van der Waals surface area contributed by atoms with Crippen molar-refractivity contribution < 1.29 is 57.2 Å². The highest BCUT2D eigenvalue weighted by atomic mass is 32.1. The smallest absolute Gasteiger partial charge is 0.258 e. The highest BCUT2D eigenvalue weighted by Gasteiger charge is 2.53. The van der Waals surface area contributed by atoms with Gasteiger partial charge < -0.3 is 51.1 Å². The third-order valence-electron chi connectivity index (χ3n) is 15.7. The fourth-order valence-electron chi connectivity index (χ4n) is 10.8. The van der Waals surface area contributed by atoms with Crippen molar-refractivity contribution in [2.75, 3.05) is 44.5 Å². The molecule has 0 radical (unpaired) electrons. The number of thiazole rings is 1. The average Bonchev–Trinajstić information content (AvgIpc) is 3.78. The van der Waals surface area contributed by atoms with Crippen LogP contribution in [0.15, 0.2) is 66.2 Å². The molecule has 1 saturated carbocycles. The van der Waals surface area contributed by atoms with Crippen molar-refractivity contribution in [3.63, 3.8) is 0 Å². The summed E-state index contributed by atoms with van der Waals surface area (Å²) < 4.78 is 39.0. The molecule has 80 heavy (non-hydrogen) atoms. The first-order valence-corrected chi connectivity index (χ1v) is 28.9. The van der Waals surface area contributed by atoms with Gasteiger partial charge in [0, 0.05) is 50.9 Å². The number of aromatic nitrogens is 1. The quantitative estimate of drug-likeness (QED) is 0.0425. The van der Waals surface area contributed by atoms with Crippen LogP contribution >= 0.6 is 11.3 Å². The first kappa shape index (κ1) is 59.9. The lowest BCUT2D eigenvalue weighted by atomic mass is 9.85. The number of carbonyl (C=O) groups excluding carboxylic acids is 6. The topological polar surface area (TPSA) is 255 Å². The van der Waals surface area contributed by atoms with E-state index in [1.54, 1.807) is 31.2 Å². The average molecular weight is 1120 g/mol. The predicted octanol–water partition coefficient (Wildman–Crippen LogP) is 5.75. The lowest BCUT2D eigenvalue weighted by molar-refractivity contribution is -0.145. The molecule has 3 aliphatic heterocycles. The molecule has 7 atom stereocenters. The van der Waals surface area contributed by atoms with Crippen LogP contribution in [-0.2, 0) is 75.4 Å². The van der Waals surface area contributed by atoms with E-state index in [2.05, 4.69) is 27.8 Å². The number of halogens is 1. The SMILES string of the molecule is Cc1ncsc1-c1ccc(CNC(=O)[C@@H]2C[C@@H](O)CN2C(=O)[C@@H](NC(=O)C2(F)CC2)C(C)(C)C)c(OCCOCCOCCCc2ccc(CO[C@H](C)[C@H](CCC(N)=O)CC(=O)[C@@H]3Cc4cccc5c4N3C(=O)[C@@H](N)CC5)cc2)c1. The van der Waals surface area contributed by atoms with E-state index in [1.165, 1.54) is 16.2 Å². The Morgan fingerprint density at radius 3 is 2.38 bits per heavy atom. The van der Waals surface area contributed by atoms with Crippen LogP contribution in [0.5, 0.6) is 5.75 Å². The van der Waals surface area contributed by atoms with Gasteiger partial charge in [0.05, 0.1) is 72.5 Å². The summed E-state index contributed by atoms with van der Waals surface area (Å²) in [7, 11) is 0. The third-order valence-corrected chi connectivity index (χ3v) is 16.7. The molecule has 1 aliphatic carbocycles. The van der Waals surface area contributed by atoms with Gasteiger partial charge in [-0.15, -0.1) is 11.3 Å². The first-order chi connectivity index (χ1) is 38.2. The summed E-state index contributed by atoms with van der Waals surface area (Å²) >= 11 is 1.50. The number of nitrogens with one attached hydrogen (secondary N) is 2. The third kappa shape index (κ3) is 15.0. The number of primary amides is 1. The molecule has 3 aromatic carbocycles. The molecule has 4 aromatic rings. The van der Waals surface area contributed by atoms with Crippen LogP contribution in [0, 0.1) is 18.3 Å². The van der Waals surface area contributed by atoms with Gasteiger partial charge in [-0.1, -0.05) is 75.4 Å². The number of ketones is 1. The van der Waals surface area contributed by atoms with E-state index in [1.807, 2.05) is 62.4 Å². The summed E-state index contributed by atoms with van der Waals surface area (Å²) in [6.07, 6.45) is 2.76. The first-order valence-electron chi connectivity index (χ1n) is 28.0. The molecule has 0 bridgehead atoms. The van der Waals surface area contributed by atoms with Gasteiger partial charge in [0.1, 0.15) is 24.4 Å². The Kier molecular flexibility index (Phi) is 19.9. The molecule has 2 fully saturated rings. The van der Waals surface area contributed by atoms with Crippen LogP contribution in [0.25, 0.3) is 10.4 Å². The Morgan fingerprint density at radius 2 is 1.68 bits per heavy atom. The largest absolute Gasteiger partial charge is 0.491 e. The number of Topliss-reactive ketones (excluding diaryl/α,β-unsaturated/α-hetero) is 1. The standard InChI is InChI=1S/C60H78FN7O11S/c1-36-53(80-35-65-36)43-15-16-44(32-64-55(72)48-31-45(69)33-67(48)57(74)54(59(3,4)5)66-58(75)60(61)21-22-60)50(30-43)78-27-26-77-25-24-76-23-7-8-38-11-13-39(14-12-38)34-79-37(2)41(18-20-51(63)71)29-49(70)47-28-42-10-6-9-40-17-19-46(62)56(73)68(47)52(40)42/h6,9-16,30,35,37,41,45-48,54,69H,7-8,17-29,31-34,62H2,1-5H3,(H2,63,71)(H,64,72)(H,66,75)/t37-,41-,45-,46+,47+,48+,54-/m1/s1. The highest BCUT2D eigenvalue weighted by molar-refractivity contribution is 7.13. The molecule has 4 aliphatic rings. The fourth-order valence-corrected chi connectivity index (χ4v) is 11.6. The molecule has 0 unspecified atom stereocenters. The Bertz CT molecular complexity index is 2850. The number of likely N-dealkylation sites (tertiary alicyclic amines) is 1. The van der Waals surface area contributed by atoms with Crippen LogP contribution in [0.1, 0.15) is 113 Å². The number of nitrogens with zero attached hydrogens (tertiary/aromatic N) is 3. The number of anilines is 1. The summed E-state index contributed by atoms with van der Waals surface area (Å²) in [5.74, 6) is -2.39. The van der Waals surface area contributed by atoms with E-state index >= 15 is 0 Å². The Hall–Kier alpha value is -6.16. The van der Waals surface area contributed by atoms with E-state index < -0.39 is 65.0 Å². The van der Waals surface area contributed by atoms with E-state index in [9.17, 15) is 38.3 Å². The second kappa shape index (κ2) is 26.6. The van der Waals surface area contributed by atoms with Gasteiger partial charge >= 0.3 is 0 Å². The Morgan fingerprint density at radius 1 is 0.963 bits per heavy atom. The number of hydrogen-bond donors (Lipinski definition) is 5. The van der Waals surface area contributed by atoms with Gasteiger partial charge in [-0.05, 0) is 104 Å². The predicted molar refractivity (Wildman–Crippen MR) is 300 cm³/mol. The zero-order valence-electron chi connectivity index (χ0n) is 46.6. The normalized spacial score (nSPS) is 20.4. The van der Waals surface area contributed by atoms with Gasteiger partial charge in [0.25, 0.3) is 5.91 Å². The summed E-state index contributed by atoms with van der Waals surface area (Å²) in [5, 5.41) is 16.2. The molecular formula is C60H78FN7O11S. The summed E-state index contributed by atoms with van der Waals surface area (Å²) in [5.41, 5.74) is 18.2. The minimum absolute atomic E-state index is 0.00732. The number of amides is 5. The number of alkyl halides is 1. The van der Waals surface area contributed by atoms with Crippen molar-refractivity contribution in [2.45, 2.75) is 160 Å². The van der Waals surface area contributed by atoms with Crippen molar-refractivity contribution in [1.82, 2.24) is 20.5 Å². The van der Waals surface area contributed by atoms with Crippen molar-refractivity contribution >= 4 is 52.3 Å². The zero-order valence-corrected chi connectivity index (χ0v) is 47.5. The van der Waals surface area contributed by atoms with Gasteiger partial charge in [0.2, 0.25) is 23.6 Å². The van der Waals surface area contributed by atoms with Gasteiger partial charge in [-0.3, -0.25) is 33.7 Å². The van der Waals surface area contributed by atoms with E-state index in [4.69, 9.17) is 30.4 Å². The highest BCUT2D eigenvalue weighted by Crippen LogP contribution is 2.42. The number of aliphatic hydroxyl groups is 1. The number of rotatable bonds is 28. The molecular weight excluding hydrogens is 1050 g/mol. The number of nitrogens with two attached hydrogens (primary N) is 2. The molecule has 4 heterocycles. The second-order valence-electron chi connectivity index (χ2n) is 22.9. The Labute approximate surface area is 471 Å². The molecule has 8 rings (SSSR count). The lowest BCUT2D eigenvalue weighted by Gasteiger charge is -2.35. The van der Waals surface area contributed by atoms with E-state index in [-0.39, 0.29) is 82.1 Å². The van der Waals surface area contributed by atoms with Crippen molar-refractivity contribution in [3.8, 4) is 16.2 Å². The molecule has 20 heteroatoms. The van der Waals surface area contributed by atoms with Crippen molar-refractivity contribution in [2.24, 2.45) is 22.8 Å². The number of para-hydroxylation sites is 1. The van der Waals surface area contributed by atoms with Crippen LogP contribution in [0.2, 0.25) is 0 Å². The summed E-state index contributed by atoms with van der Waals surface area (Å²) in [6.45, 7) is 11.2. The Balaban J connectivity index is 0.751. The number of aliphatic hydroxyl groups excluding tert-OH is 1. The molecule has 5 amide bonds. The van der Waals surface area contributed by atoms with E-state index in [0.29, 0.717) is 63.4 Å². The van der Waals surface area contributed by atoms with Crippen LogP contribution in [-0.4, -0.2) is 132 Å². The fraction of sp³-hybridized carbons (Fsp3) is 0.550. The molecule has 1 aromatic heterocycles. The maximum Gasteiger partial charge on any atom is 0.258 e. The van der Waals surface area contributed by atoms with Gasteiger partial charge in [-0.25, -0.2) is 9.37 Å². The van der Waals surface area contributed by atoms with Crippen LogP contribution in [0.4, 0.5) is 10.1 Å². The van der Waals surface area contributed by atoms with Crippen molar-refractivity contribution in [1.29, 1.82) is 0 Å². The van der Waals surface area contributed by atoms with Crippen LogP contribution in [0.3, 0.4) is 0 Å². The number of hydrogen-bond acceptors (Lipinski definition) is 14. The molecule has 1 saturated heterocycles. The number of aryl methyl sites for hydroxylation is 3. The molecule has 432 valence electrons. The van der Waals surface area contributed by atoms with Gasteiger partial charge in [-0.2, -0.15) is 0 Å². The maximum atomic E-state index is 14.7. The summed E-state index contributed by atoms with van der Waals surface area (Å²) in [4.78, 5) is 88.1. The van der Waals surface area contributed by atoms with Crippen molar-refractivity contribution in [3.05, 3.63) is 99.7 Å². The van der Waals surface area contributed by atoms with E-state index in [0.717, 1.165) is 56.9 Å². The molecule has 0 spiro atoms. The lowest BCUT2D eigenvalue weighted by Crippen LogP contribution is -2.59. The minimum Gasteiger partial charge on any atom is -0.491 e. The minimum atomic E-state index is -1.98. The van der Waals surface area contributed by atoms with Gasteiger partial charge in [0.15, 0.2) is 11.5 Å². The van der Waals surface area contributed by atoms with Crippen LogP contribution < -0.4 is 31.7 Å². The number of ether oxygens (including phenoxy) is 4.